The number of anilines is 1. The summed E-state index contributed by atoms with van der Waals surface area (Å²) in [5, 5.41) is 0.657. The molecule has 5 heteroatoms. The molecule has 3 aromatic rings. The van der Waals surface area contributed by atoms with Crippen molar-refractivity contribution in [1.29, 1.82) is 0 Å². The number of aromatic nitrogens is 1. The standard InChI is InChI=1S/C17H14N2OS.HI/c1-20-13-5-2-10(3-6-13)11-4-7-14-12(8-11)9-15-16(14)19-17(18)21-15;/h2-8H,9H2,1H3,(H2,18,19);1H. The molecule has 1 heterocycles. The molecule has 4 rings (SSSR count). The monoisotopic (exact) mass is 422 g/mol. The summed E-state index contributed by atoms with van der Waals surface area (Å²) >= 11 is 1.59. The van der Waals surface area contributed by atoms with E-state index in [1.807, 2.05) is 12.1 Å². The number of ether oxygens (including phenoxy) is 1. The van der Waals surface area contributed by atoms with Crippen LogP contribution in [0.15, 0.2) is 42.5 Å². The maximum atomic E-state index is 5.79. The molecule has 0 bridgehead atoms. The minimum atomic E-state index is 0. The van der Waals surface area contributed by atoms with Crippen molar-refractivity contribution in [3.8, 4) is 28.1 Å². The van der Waals surface area contributed by atoms with Crippen LogP contribution in [0.25, 0.3) is 22.4 Å². The van der Waals surface area contributed by atoms with E-state index < -0.39 is 0 Å². The Labute approximate surface area is 150 Å². The number of fused-ring (bicyclic) bond motifs is 3. The third kappa shape index (κ3) is 2.48. The largest absolute Gasteiger partial charge is 0.497 e. The molecule has 3 nitrogen and oxygen atoms in total. The van der Waals surface area contributed by atoms with E-state index >= 15 is 0 Å². The van der Waals surface area contributed by atoms with Gasteiger partial charge in [0.2, 0.25) is 0 Å². The number of hydrogen-bond donors (Lipinski definition) is 1. The SMILES string of the molecule is COc1ccc(-c2ccc3c(c2)Cc2sc(N)nc2-3)cc1.I. The topological polar surface area (TPSA) is 48.1 Å². The van der Waals surface area contributed by atoms with E-state index in [-0.39, 0.29) is 24.0 Å². The second-order valence-corrected chi connectivity index (χ2v) is 6.22. The van der Waals surface area contributed by atoms with Crippen molar-refractivity contribution in [2.45, 2.75) is 6.42 Å². The number of nitrogens with two attached hydrogens (primary N) is 1. The summed E-state index contributed by atoms with van der Waals surface area (Å²) in [6, 6.07) is 14.7. The molecular weight excluding hydrogens is 407 g/mol. The zero-order valence-corrected chi connectivity index (χ0v) is 15.1. The van der Waals surface area contributed by atoms with Gasteiger partial charge in [-0.05, 0) is 28.8 Å². The fourth-order valence-corrected chi connectivity index (χ4v) is 3.68. The van der Waals surface area contributed by atoms with Gasteiger partial charge in [-0.15, -0.1) is 35.3 Å². The maximum Gasteiger partial charge on any atom is 0.180 e. The number of halogens is 1. The number of nitrogen functional groups attached to an aromatic ring is 1. The van der Waals surface area contributed by atoms with E-state index in [2.05, 4.69) is 35.3 Å². The molecule has 0 unspecified atom stereocenters. The Kier molecular flexibility index (Phi) is 4.10. The molecule has 0 saturated carbocycles. The third-order valence-corrected chi connectivity index (χ3v) is 4.73. The average molecular weight is 422 g/mol. The molecule has 1 aliphatic rings. The molecule has 0 fully saturated rings. The number of benzene rings is 2. The van der Waals surface area contributed by atoms with Gasteiger partial charge < -0.3 is 10.5 Å². The molecule has 22 heavy (non-hydrogen) atoms. The van der Waals surface area contributed by atoms with E-state index in [0.717, 1.165) is 17.9 Å². The van der Waals surface area contributed by atoms with Gasteiger partial charge in [-0.3, -0.25) is 0 Å². The first-order valence-electron chi connectivity index (χ1n) is 6.77. The molecule has 0 saturated heterocycles. The molecule has 1 aromatic heterocycles. The number of methoxy groups -OCH3 is 1. The molecule has 0 amide bonds. The van der Waals surface area contributed by atoms with Crippen LogP contribution in [-0.2, 0) is 6.42 Å². The first-order chi connectivity index (χ1) is 10.2. The predicted molar refractivity (Wildman–Crippen MR) is 102 cm³/mol. The van der Waals surface area contributed by atoms with E-state index in [4.69, 9.17) is 10.5 Å². The van der Waals surface area contributed by atoms with E-state index in [9.17, 15) is 0 Å². The number of nitrogens with zero attached hydrogens (tertiary/aromatic N) is 1. The fraction of sp³-hybridized carbons (Fsp3) is 0.118. The Balaban J connectivity index is 0.00000144. The van der Waals surface area contributed by atoms with Crippen molar-refractivity contribution in [3.63, 3.8) is 0 Å². The number of hydrogen-bond acceptors (Lipinski definition) is 4. The molecular formula is C17H15IN2OS. The van der Waals surface area contributed by atoms with Crippen LogP contribution >= 0.6 is 35.3 Å². The van der Waals surface area contributed by atoms with Crippen molar-refractivity contribution in [2.75, 3.05) is 12.8 Å². The van der Waals surface area contributed by atoms with Crippen LogP contribution in [0.3, 0.4) is 0 Å². The van der Waals surface area contributed by atoms with Crippen molar-refractivity contribution < 1.29 is 4.74 Å². The molecule has 0 spiro atoms. The highest BCUT2D eigenvalue weighted by atomic mass is 127. The van der Waals surface area contributed by atoms with Crippen LogP contribution in [0.2, 0.25) is 0 Å². The van der Waals surface area contributed by atoms with Crippen molar-refractivity contribution in [1.82, 2.24) is 4.98 Å². The Morgan fingerprint density at radius 3 is 2.55 bits per heavy atom. The molecule has 1 aliphatic carbocycles. The van der Waals surface area contributed by atoms with Gasteiger partial charge >= 0.3 is 0 Å². The second-order valence-electron chi connectivity index (χ2n) is 5.10. The van der Waals surface area contributed by atoms with Gasteiger partial charge in [0.05, 0.1) is 12.8 Å². The summed E-state index contributed by atoms with van der Waals surface area (Å²) in [4.78, 5) is 5.71. The number of thiazole rings is 1. The van der Waals surface area contributed by atoms with Gasteiger partial charge in [0.15, 0.2) is 5.13 Å². The Morgan fingerprint density at radius 1 is 1.09 bits per heavy atom. The fourth-order valence-electron chi connectivity index (χ4n) is 2.81. The predicted octanol–water partition coefficient (Wildman–Crippen LogP) is 4.59. The van der Waals surface area contributed by atoms with Crippen LogP contribution in [0.5, 0.6) is 5.75 Å². The van der Waals surface area contributed by atoms with Gasteiger partial charge in [0, 0.05) is 16.9 Å². The maximum absolute atomic E-state index is 5.79. The Morgan fingerprint density at radius 2 is 1.82 bits per heavy atom. The average Bonchev–Trinajstić information content (AvgIpc) is 3.02. The van der Waals surface area contributed by atoms with Crippen molar-refractivity contribution >= 4 is 40.4 Å². The van der Waals surface area contributed by atoms with Gasteiger partial charge in [-0.1, -0.05) is 30.3 Å². The quantitative estimate of drug-likeness (QED) is 0.481. The van der Waals surface area contributed by atoms with Crippen LogP contribution < -0.4 is 10.5 Å². The van der Waals surface area contributed by atoms with E-state index in [1.165, 1.54) is 27.1 Å². The summed E-state index contributed by atoms with van der Waals surface area (Å²) in [5.74, 6) is 0.877. The van der Waals surface area contributed by atoms with Gasteiger partial charge in [-0.2, -0.15) is 0 Å². The molecule has 112 valence electrons. The lowest BCUT2D eigenvalue weighted by atomic mass is 10.00. The van der Waals surface area contributed by atoms with Crippen molar-refractivity contribution in [2.24, 2.45) is 0 Å². The van der Waals surface area contributed by atoms with Crippen LogP contribution in [0, 0.1) is 0 Å². The first-order valence-corrected chi connectivity index (χ1v) is 7.59. The Hall–Kier alpha value is -1.60. The van der Waals surface area contributed by atoms with Crippen molar-refractivity contribution in [3.05, 3.63) is 52.9 Å². The Bertz CT molecular complexity index is 827. The van der Waals surface area contributed by atoms with Crippen LogP contribution in [-0.4, -0.2) is 12.1 Å². The highest BCUT2D eigenvalue weighted by molar-refractivity contribution is 14.0. The minimum absolute atomic E-state index is 0. The van der Waals surface area contributed by atoms with Crippen LogP contribution in [0.4, 0.5) is 5.13 Å². The summed E-state index contributed by atoms with van der Waals surface area (Å²) < 4.78 is 5.20. The highest BCUT2D eigenvalue weighted by Gasteiger charge is 2.22. The lowest BCUT2D eigenvalue weighted by Crippen LogP contribution is -1.87. The highest BCUT2D eigenvalue weighted by Crippen LogP contribution is 2.41. The third-order valence-electron chi connectivity index (χ3n) is 3.85. The first kappa shape index (κ1) is 15.3. The normalized spacial score (nSPS) is 11.5. The summed E-state index contributed by atoms with van der Waals surface area (Å²) in [7, 11) is 1.68. The van der Waals surface area contributed by atoms with Gasteiger partial charge in [0.25, 0.3) is 0 Å². The molecule has 0 radical (unpaired) electrons. The summed E-state index contributed by atoms with van der Waals surface area (Å²) in [5.41, 5.74) is 11.8. The molecule has 2 aromatic carbocycles. The zero-order valence-electron chi connectivity index (χ0n) is 12.0. The second kappa shape index (κ2) is 5.89. The molecule has 2 N–H and O–H groups in total. The molecule has 0 aliphatic heterocycles. The van der Waals surface area contributed by atoms with E-state index in [1.54, 1.807) is 18.4 Å². The van der Waals surface area contributed by atoms with Gasteiger partial charge in [0.1, 0.15) is 5.75 Å². The summed E-state index contributed by atoms with van der Waals surface area (Å²) in [6.07, 6.45) is 0.934. The smallest absolute Gasteiger partial charge is 0.180 e. The van der Waals surface area contributed by atoms with Crippen LogP contribution in [0.1, 0.15) is 10.4 Å². The van der Waals surface area contributed by atoms with Gasteiger partial charge in [-0.25, -0.2) is 4.98 Å². The minimum Gasteiger partial charge on any atom is -0.497 e. The lowest BCUT2D eigenvalue weighted by Gasteiger charge is -2.06. The zero-order chi connectivity index (χ0) is 14.4. The van der Waals surface area contributed by atoms with E-state index in [0.29, 0.717) is 5.13 Å². The molecule has 0 atom stereocenters. The summed E-state index contributed by atoms with van der Waals surface area (Å²) in [6.45, 7) is 0. The lowest BCUT2D eigenvalue weighted by molar-refractivity contribution is 0.415. The number of rotatable bonds is 2.